The van der Waals surface area contributed by atoms with E-state index in [0.29, 0.717) is 10.6 Å². The van der Waals surface area contributed by atoms with Crippen molar-refractivity contribution in [3.63, 3.8) is 0 Å². The number of aliphatic hydroxyl groups is 2. The molecule has 4 nitrogen and oxygen atoms in total. The number of amides is 1. The Bertz CT molecular complexity index is 377. The molecule has 5 heteroatoms. The molecule has 0 aliphatic heterocycles. The van der Waals surface area contributed by atoms with Gasteiger partial charge in [-0.3, -0.25) is 4.79 Å². The topological polar surface area (TPSA) is 69.6 Å². The summed E-state index contributed by atoms with van der Waals surface area (Å²) in [5.41, 5.74) is 1.26. The summed E-state index contributed by atoms with van der Waals surface area (Å²) in [6.45, 7) is 1.21. The summed E-state index contributed by atoms with van der Waals surface area (Å²) in [6, 6.07) is 4.25. The van der Waals surface area contributed by atoms with Crippen LogP contribution in [0.5, 0.6) is 0 Å². The van der Waals surface area contributed by atoms with Crippen LogP contribution < -0.4 is 5.32 Å². The van der Waals surface area contributed by atoms with Crippen LogP contribution in [-0.4, -0.2) is 35.4 Å². The predicted molar refractivity (Wildman–Crippen MR) is 61.6 cm³/mol. The van der Waals surface area contributed by atoms with E-state index in [0.717, 1.165) is 5.56 Å². The smallest absolute Gasteiger partial charge is 0.251 e. The number of rotatable bonds is 4. The molecule has 0 heterocycles. The van der Waals surface area contributed by atoms with Crippen molar-refractivity contribution in [1.29, 1.82) is 0 Å². The highest BCUT2D eigenvalue weighted by Gasteiger charge is 2.12. The third-order valence-corrected chi connectivity index (χ3v) is 2.62. The van der Waals surface area contributed by atoms with Crippen molar-refractivity contribution in [2.75, 3.05) is 13.2 Å². The van der Waals surface area contributed by atoms with Crippen LogP contribution in [0.4, 0.5) is 0 Å². The van der Waals surface area contributed by atoms with Gasteiger partial charge in [-0.15, -0.1) is 0 Å². The Hall–Kier alpha value is -1.10. The van der Waals surface area contributed by atoms with E-state index < -0.39 is 6.04 Å². The number of carbonyl (C=O) groups is 1. The Labute approximate surface area is 98.9 Å². The zero-order valence-corrected chi connectivity index (χ0v) is 9.66. The summed E-state index contributed by atoms with van der Waals surface area (Å²) in [5.74, 6) is -0.340. The largest absolute Gasteiger partial charge is 0.394 e. The minimum atomic E-state index is -0.636. The molecular weight excluding hydrogens is 230 g/mol. The highest BCUT2D eigenvalue weighted by Crippen LogP contribution is 2.16. The van der Waals surface area contributed by atoms with E-state index in [1.165, 1.54) is 0 Å². The molecule has 0 aliphatic rings. The molecule has 3 N–H and O–H groups in total. The Morgan fingerprint density at radius 2 is 2.06 bits per heavy atom. The first-order valence-electron chi connectivity index (χ1n) is 4.87. The summed E-state index contributed by atoms with van der Waals surface area (Å²) < 4.78 is 0. The zero-order valence-electron chi connectivity index (χ0n) is 8.90. The van der Waals surface area contributed by atoms with Crippen LogP contribution in [0.2, 0.25) is 5.02 Å². The normalized spacial score (nSPS) is 10.6. The van der Waals surface area contributed by atoms with E-state index in [1.54, 1.807) is 25.1 Å². The Balaban J connectivity index is 2.76. The van der Waals surface area contributed by atoms with E-state index in [4.69, 9.17) is 21.8 Å². The molecule has 1 amide bonds. The third-order valence-electron chi connectivity index (χ3n) is 2.20. The van der Waals surface area contributed by atoms with Gasteiger partial charge in [0.15, 0.2) is 0 Å². The number of benzene rings is 1. The molecule has 0 fully saturated rings. The van der Waals surface area contributed by atoms with Gasteiger partial charge in [0.25, 0.3) is 5.91 Å². The van der Waals surface area contributed by atoms with E-state index in [1.807, 2.05) is 0 Å². The van der Waals surface area contributed by atoms with Crippen LogP contribution >= 0.6 is 11.6 Å². The fourth-order valence-corrected chi connectivity index (χ4v) is 1.32. The molecular formula is C11H14ClNO3. The lowest BCUT2D eigenvalue weighted by molar-refractivity contribution is 0.0879. The van der Waals surface area contributed by atoms with Gasteiger partial charge in [-0.1, -0.05) is 11.6 Å². The molecule has 1 aromatic carbocycles. The number of nitrogens with one attached hydrogen (secondary N) is 1. The minimum Gasteiger partial charge on any atom is -0.394 e. The van der Waals surface area contributed by atoms with Crippen LogP contribution in [-0.2, 0) is 0 Å². The molecule has 0 radical (unpaired) electrons. The molecule has 0 aliphatic carbocycles. The van der Waals surface area contributed by atoms with Crippen molar-refractivity contribution in [3.05, 3.63) is 34.3 Å². The average Bonchev–Trinajstić information content (AvgIpc) is 2.29. The summed E-state index contributed by atoms with van der Waals surface area (Å²) in [5, 5.41) is 20.7. The van der Waals surface area contributed by atoms with Gasteiger partial charge in [0.2, 0.25) is 0 Å². The Morgan fingerprint density at radius 3 is 2.56 bits per heavy atom. The van der Waals surface area contributed by atoms with Gasteiger partial charge in [0.05, 0.1) is 19.3 Å². The zero-order chi connectivity index (χ0) is 12.1. The standard InChI is InChI=1S/C11H14ClNO3/c1-7-4-8(2-3-10(7)12)11(16)13-9(5-14)6-15/h2-4,9,14-15H,5-6H2,1H3,(H,13,16). The van der Waals surface area contributed by atoms with Crippen molar-refractivity contribution in [3.8, 4) is 0 Å². The highest BCUT2D eigenvalue weighted by molar-refractivity contribution is 6.31. The van der Waals surface area contributed by atoms with Crippen molar-refractivity contribution in [1.82, 2.24) is 5.32 Å². The second-order valence-corrected chi connectivity index (χ2v) is 3.91. The predicted octanol–water partition coefficient (Wildman–Crippen LogP) is 0.731. The highest BCUT2D eigenvalue weighted by atomic mass is 35.5. The Kier molecular flexibility index (Phi) is 4.73. The second-order valence-electron chi connectivity index (χ2n) is 3.50. The lowest BCUT2D eigenvalue weighted by Gasteiger charge is -2.13. The first-order valence-corrected chi connectivity index (χ1v) is 5.25. The maximum atomic E-state index is 11.7. The lowest BCUT2D eigenvalue weighted by Crippen LogP contribution is -2.40. The van der Waals surface area contributed by atoms with Crippen LogP contribution in [0.25, 0.3) is 0 Å². The van der Waals surface area contributed by atoms with E-state index in [9.17, 15) is 4.79 Å². The minimum absolute atomic E-state index is 0.297. The lowest BCUT2D eigenvalue weighted by atomic mass is 10.1. The summed E-state index contributed by atoms with van der Waals surface area (Å²) in [4.78, 5) is 11.7. The summed E-state index contributed by atoms with van der Waals surface area (Å²) in [7, 11) is 0. The molecule has 0 atom stereocenters. The van der Waals surface area contributed by atoms with Crippen molar-refractivity contribution < 1.29 is 15.0 Å². The average molecular weight is 244 g/mol. The number of hydrogen-bond donors (Lipinski definition) is 3. The molecule has 0 saturated heterocycles. The van der Waals surface area contributed by atoms with Crippen molar-refractivity contribution >= 4 is 17.5 Å². The molecule has 0 spiro atoms. The SMILES string of the molecule is Cc1cc(C(=O)NC(CO)CO)ccc1Cl. The van der Waals surface area contributed by atoms with E-state index in [-0.39, 0.29) is 19.1 Å². The molecule has 16 heavy (non-hydrogen) atoms. The molecule has 0 saturated carbocycles. The first kappa shape index (κ1) is 13.0. The second kappa shape index (κ2) is 5.84. The van der Waals surface area contributed by atoms with E-state index in [2.05, 4.69) is 5.32 Å². The van der Waals surface area contributed by atoms with Gasteiger partial charge < -0.3 is 15.5 Å². The van der Waals surface area contributed by atoms with Gasteiger partial charge in [-0.05, 0) is 30.7 Å². The van der Waals surface area contributed by atoms with Crippen molar-refractivity contribution in [2.45, 2.75) is 13.0 Å². The fraction of sp³-hybridized carbons (Fsp3) is 0.364. The van der Waals surface area contributed by atoms with Gasteiger partial charge in [-0.25, -0.2) is 0 Å². The Morgan fingerprint density at radius 1 is 1.44 bits per heavy atom. The molecule has 0 aromatic heterocycles. The van der Waals surface area contributed by atoms with Gasteiger partial charge >= 0.3 is 0 Å². The summed E-state index contributed by atoms with van der Waals surface area (Å²) in [6.07, 6.45) is 0. The molecule has 88 valence electrons. The van der Waals surface area contributed by atoms with Crippen LogP contribution in [0.3, 0.4) is 0 Å². The maximum absolute atomic E-state index is 11.7. The fourth-order valence-electron chi connectivity index (χ4n) is 1.20. The van der Waals surface area contributed by atoms with E-state index >= 15 is 0 Å². The number of aliphatic hydroxyl groups excluding tert-OH is 2. The van der Waals surface area contributed by atoms with Crippen LogP contribution in [0, 0.1) is 6.92 Å². The van der Waals surface area contributed by atoms with Gasteiger partial charge in [-0.2, -0.15) is 0 Å². The number of aryl methyl sites for hydroxylation is 1. The first-order chi connectivity index (χ1) is 7.58. The number of hydrogen-bond acceptors (Lipinski definition) is 3. The molecule has 1 aromatic rings. The number of halogens is 1. The molecule has 1 rings (SSSR count). The van der Waals surface area contributed by atoms with Gasteiger partial charge in [0, 0.05) is 10.6 Å². The maximum Gasteiger partial charge on any atom is 0.251 e. The number of carbonyl (C=O) groups excluding carboxylic acids is 1. The van der Waals surface area contributed by atoms with Gasteiger partial charge in [0.1, 0.15) is 0 Å². The van der Waals surface area contributed by atoms with Crippen LogP contribution in [0.15, 0.2) is 18.2 Å². The van der Waals surface area contributed by atoms with Crippen LogP contribution in [0.1, 0.15) is 15.9 Å². The molecule has 0 bridgehead atoms. The monoisotopic (exact) mass is 243 g/mol. The quantitative estimate of drug-likeness (QED) is 0.730. The van der Waals surface area contributed by atoms with Crippen molar-refractivity contribution in [2.24, 2.45) is 0 Å². The third kappa shape index (κ3) is 3.20. The molecule has 0 unspecified atom stereocenters. The summed E-state index contributed by atoms with van der Waals surface area (Å²) >= 11 is 5.83.